The van der Waals surface area contributed by atoms with Crippen molar-refractivity contribution in [2.24, 2.45) is 0 Å². The summed E-state index contributed by atoms with van der Waals surface area (Å²) in [4.78, 5) is 1.68. The van der Waals surface area contributed by atoms with Crippen LogP contribution >= 0.6 is 11.3 Å². The van der Waals surface area contributed by atoms with E-state index in [4.69, 9.17) is 0 Å². The number of hydrogen-bond acceptors (Lipinski definition) is 2. The van der Waals surface area contributed by atoms with Gasteiger partial charge in [0.1, 0.15) is 0 Å². The third kappa shape index (κ3) is 1.85. The van der Waals surface area contributed by atoms with Crippen LogP contribution < -0.4 is 5.32 Å². The molecule has 0 aromatic carbocycles. The average Bonchev–Trinajstić information content (AvgIpc) is 2.74. The lowest BCUT2D eigenvalue weighted by molar-refractivity contribution is 0.410. The molecule has 1 unspecified atom stereocenters. The van der Waals surface area contributed by atoms with Crippen LogP contribution in [0.2, 0.25) is 0 Å². The first-order valence-electron chi connectivity index (χ1n) is 6.27. The minimum Gasteiger partial charge on any atom is -0.310 e. The van der Waals surface area contributed by atoms with Crippen molar-refractivity contribution < 1.29 is 0 Å². The summed E-state index contributed by atoms with van der Waals surface area (Å²) in [5.74, 6) is 0. The molecule has 1 fully saturated rings. The van der Waals surface area contributed by atoms with E-state index in [-0.39, 0.29) is 0 Å². The quantitative estimate of drug-likeness (QED) is 0.766. The van der Waals surface area contributed by atoms with Crippen LogP contribution in [0.5, 0.6) is 0 Å². The summed E-state index contributed by atoms with van der Waals surface area (Å²) in [6, 6.07) is 0.678. The number of hydrogen-bond donors (Lipinski definition) is 1. The fourth-order valence-electron chi connectivity index (χ4n) is 2.93. The van der Waals surface area contributed by atoms with Crippen molar-refractivity contribution in [2.75, 3.05) is 6.54 Å². The Hall–Kier alpha value is -0.340. The van der Waals surface area contributed by atoms with Crippen molar-refractivity contribution in [3.05, 3.63) is 21.4 Å². The largest absolute Gasteiger partial charge is 0.310 e. The van der Waals surface area contributed by atoms with Crippen molar-refractivity contribution in [1.29, 1.82) is 0 Å². The number of rotatable bonds is 1. The fraction of sp³-hybridized carbons (Fsp3) is 0.692. The van der Waals surface area contributed by atoms with E-state index in [1.165, 1.54) is 51.5 Å². The first-order valence-corrected chi connectivity index (χ1v) is 7.15. The molecule has 3 rings (SSSR count). The smallest absolute Gasteiger partial charge is 0.0331 e. The Balaban J connectivity index is 1.87. The Labute approximate surface area is 95.9 Å². The summed E-state index contributed by atoms with van der Waals surface area (Å²) in [5.41, 5.74) is 3.36. The van der Waals surface area contributed by atoms with E-state index >= 15 is 0 Å². The van der Waals surface area contributed by atoms with Crippen molar-refractivity contribution >= 4 is 11.3 Å². The molecular weight excluding hydrogens is 202 g/mol. The molecule has 0 saturated carbocycles. The Morgan fingerprint density at radius 2 is 2.07 bits per heavy atom. The second-order valence-corrected chi connectivity index (χ2v) is 5.77. The maximum absolute atomic E-state index is 3.68. The molecule has 0 bridgehead atoms. The predicted octanol–water partition coefficient (Wildman–Crippen LogP) is 3.44. The van der Waals surface area contributed by atoms with Crippen LogP contribution in [0.1, 0.15) is 54.1 Å². The molecule has 1 saturated heterocycles. The molecule has 1 N–H and O–H groups in total. The zero-order valence-corrected chi connectivity index (χ0v) is 10.0. The van der Waals surface area contributed by atoms with Gasteiger partial charge in [-0.3, -0.25) is 0 Å². The number of thiophene rings is 1. The summed E-state index contributed by atoms with van der Waals surface area (Å²) in [6.45, 7) is 1.22. The standard InChI is InChI=1S/C13H19NS/c1-2-7-13-10(5-1)11(9-15-13)12-6-3-4-8-14-12/h9,12,14H,1-8H2. The predicted molar refractivity (Wildman–Crippen MR) is 65.6 cm³/mol. The van der Waals surface area contributed by atoms with Crippen LogP contribution in [-0.4, -0.2) is 6.54 Å². The second-order valence-electron chi connectivity index (χ2n) is 4.80. The molecule has 82 valence electrons. The third-order valence-electron chi connectivity index (χ3n) is 3.78. The molecule has 2 aliphatic rings. The first-order chi connectivity index (χ1) is 7.45. The molecule has 0 spiro atoms. The maximum Gasteiger partial charge on any atom is 0.0331 e. The van der Waals surface area contributed by atoms with E-state index in [1.807, 2.05) is 11.3 Å². The van der Waals surface area contributed by atoms with Gasteiger partial charge in [-0.05, 0) is 61.6 Å². The minimum absolute atomic E-state index is 0.678. The summed E-state index contributed by atoms with van der Waals surface area (Å²) in [6.07, 6.45) is 9.61. The van der Waals surface area contributed by atoms with Crippen LogP contribution in [0.4, 0.5) is 0 Å². The molecule has 1 aromatic heterocycles. The molecule has 15 heavy (non-hydrogen) atoms. The van der Waals surface area contributed by atoms with Crippen LogP contribution in [-0.2, 0) is 12.8 Å². The van der Waals surface area contributed by atoms with Gasteiger partial charge in [-0.2, -0.15) is 0 Å². The van der Waals surface area contributed by atoms with E-state index in [9.17, 15) is 0 Å². The molecule has 1 atom stereocenters. The highest BCUT2D eigenvalue weighted by Gasteiger charge is 2.22. The molecule has 1 aliphatic heterocycles. The maximum atomic E-state index is 3.68. The number of nitrogens with one attached hydrogen (secondary N) is 1. The topological polar surface area (TPSA) is 12.0 Å². The van der Waals surface area contributed by atoms with Gasteiger partial charge in [-0.25, -0.2) is 0 Å². The molecular formula is C13H19NS. The van der Waals surface area contributed by atoms with E-state index in [0.29, 0.717) is 6.04 Å². The Morgan fingerprint density at radius 3 is 2.93 bits per heavy atom. The van der Waals surface area contributed by atoms with Gasteiger partial charge in [0.2, 0.25) is 0 Å². The van der Waals surface area contributed by atoms with Crippen molar-refractivity contribution in [1.82, 2.24) is 5.32 Å². The van der Waals surface area contributed by atoms with Gasteiger partial charge in [-0.1, -0.05) is 6.42 Å². The summed E-state index contributed by atoms with van der Waals surface area (Å²) in [5, 5.41) is 6.11. The fourth-order valence-corrected chi connectivity index (χ4v) is 4.13. The SMILES string of the molecule is c1sc2c(c1C1CCCCN1)CCCC2. The number of aryl methyl sites for hydroxylation is 1. The van der Waals surface area contributed by atoms with Crippen LogP contribution in [0.25, 0.3) is 0 Å². The highest BCUT2D eigenvalue weighted by molar-refractivity contribution is 7.10. The monoisotopic (exact) mass is 221 g/mol. The zero-order valence-electron chi connectivity index (χ0n) is 9.22. The molecule has 0 radical (unpaired) electrons. The van der Waals surface area contributed by atoms with Crippen molar-refractivity contribution in [3.8, 4) is 0 Å². The number of fused-ring (bicyclic) bond motifs is 1. The summed E-state index contributed by atoms with van der Waals surface area (Å²) in [7, 11) is 0. The van der Waals surface area contributed by atoms with E-state index in [2.05, 4.69) is 10.7 Å². The first kappa shape index (κ1) is 9.86. The molecule has 2 heterocycles. The zero-order chi connectivity index (χ0) is 10.1. The molecule has 1 nitrogen and oxygen atoms in total. The summed E-state index contributed by atoms with van der Waals surface area (Å²) >= 11 is 2.01. The van der Waals surface area contributed by atoms with Crippen LogP contribution in [0, 0.1) is 0 Å². The van der Waals surface area contributed by atoms with Gasteiger partial charge in [0.05, 0.1) is 0 Å². The highest BCUT2D eigenvalue weighted by atomic mass is 32.1. The Morgan fingerprint density at radius 1 is 1.13 bits per heavy atom. The molecule has 0 amide bonds. The second kappa shape index (κ2) is 4.26. The number of piperidine rings is 1. The van der Waals surface area contributed by atoms with E-state index < -0.39 is 0 Å². The van der Waals surface area contributed by atoms with Gasteiger partial charge < -0.3 is 5.32 Å². The normalized spacial score (nSPS) is 26.3. The average molecular weight is 221 g/mol. The highest BCUT2D eigenvalue weighted by Crippen LogP contribution is 2.35. The lowest BCUT2D eigenvalue weighted by Crippen LogP contribution is -2.27. The molecule has 2 heteroatoms. The third-order valence-corrected chi connectivity index (χ3v) is 4.89. The lowest BCUT2D eigenvalue weighted by atomic mass is 9.90. The van der Waals surface area contributed by atoms with Gasteiger partial charge in [0.25, 0.3) is 0 Å². The van der Waals surface area contributed by atoms with Gasteiger partial charge in [-0.15, -0.1) is 11.3 Å². The van der Waals surface area contributed by atoms with Crippen LogP contribution in [0.3, 0.4) is 0 Å². The van der Waals surface area contributed by atoms with E-state index in [0.717, 1.165) is 0 Å². The molecule has 1 aliphatic carbocycles. The van der Waals surface area contributed by atoms with E-state index in [1.54, 1.807) is 16.0 Å². The Kier molecular flexibility index (Phi) is 2.80. The minimum atomic E-state index is 0.678. The summed E-state index contributed by atoms with van der Waals surface area (Å²) < 4.78 is 0. The van der Waals surface area contributed by atoms with Gasteiger partial charge >= 0.3 is 0 Å². The van der Waals surface area contributed by atoms with Gasteiger partial charge in [0, 0.05) is 10.9 Å². The Bertz CT molecular complexity index is 336. The molecule has 1 aromatic rings. The van der Waals surface area contributed by atoms with Crippen LogP contribution in [0.15, 0.2) is 5.38 Å². The van der Waals surface area contributed by atoms with Gasteiger partial charge in [0.15, 0.2) is 0 Å². The van der Waals surface area contributed by atoms with Crippen molar-refractivity contribution in [3.63, 3.8) is 0 Å². The van der Waals surface area contributed by atoms with Crippen molar-refractivity contribution in [2.45, 2.75) is 51.0 Å². The lowest BCUT2D eigenvalue weighted by Gasteiger charge is -2.25.